The number of aryl methyl sites for hydroxylation is 1. The van der Waals surface area contributed by atoms with Gasteiger partial charge in [0, 0.05) is 29.4 Å². The van der Waals surface area contributed by atoms with E-state index >= 15 is 0 Å². The fraction of sp³-hybridized carbons (Fsp3) is 0.417. The number of aromatic nitrogens is 1. The second-order valence-electron chi connectivity index (χ2n) is 4.45. The van der Waals surface area contributed by atoms with Crippen LogP contribution in [0.15, 0.2) is 24.4 Å². The lowest BCUT2D eigenvalue weighted by Crippen LogP contribution is -2.21. The quantitative estimate of drug-likeness (QED) is 0.622. The number of rotatable bonds is 0. The first kappa shape index (κ1) is 9.25. The Labute approximate surface area is 85.3 Å². The summed E-state index contributed by atoms with van der Waals surface area (Å²) in [5.41, 5.74) is 3.47. The summed E-state index contributed by atoms with van der Waals surface area (Å²) in [6, 6.07) is 4.22. The van der Waals surface area contributed by atoms with Gasteiger partial charge in [-0.3, -0.25) is 0 Å². The Balaban J connectivity index is 2.68. The molecule has 0 N–H and O–H groups in total. The van der Waals surface area contributed by atoms with E-state index in [1.165, 1.54) is 5.56 Å². The number of anilines is 1. The molecule has 0 bridgehead atoms. The van der Waals surface area contributed by atoms with E-state index in [1.807, 2.05) is 14.0 Å². The second kappa shape index (κ2) is 2.59. The summed E-state index contributed by atoms with van der Waals surface area (Å²) in [5, 5.41) is 0. The van der Waals surface area contributed by atoms with Crippen LogP contribution in [-0.2, 0) is 5.41 Å². The average Bonchev–Trinajstić information content (AvgIpc) is 2.28. The summed E-state index contributed by atoms with van der Waals surface area (Å²) in [7, 11) is 2.03. The molecule has 2 nitrogen and oxygen atoms in total. The largest absolute Gasteiger partial charge is 0.333 e. The molecule has 0 aliphatic carbocycles. The maximum atomic E-state index is 4.55. The van der Waals surface area contributed by atoms with Gasteiger partial charge in [0.2, 0.25) is 0 Å². The minimum absolute atomic E-state index is 0.0186. The number of allylic oxidation sites excluding steroid dienone is 1. The van der Waals surface area contributed by atoms with Crippen molar-refractivity contribution in [2.24, 2.45) is 0 Å². The number of likely N-dealkylation sites (N-methyl/N-ethyl adjacent to an activating group) is 1. The standard InChI is InChI=1S/C12H16N2/c1-8-6-7-10-11(13-8)14(5)9(2)12(10,3)4/h6-7H,2H2,1,3-5H3. The highest BCUT2D eigenvalue weighted by Gasteiger charge is 2.38. The normalized spacial score (nSPS) is 18.6. The number of hydrogen-bond acceptors (Lipinski definition) is 2. The van der Waals surface area contributed by atoms with Gasteiger partial charge in [-0.05, 0) is 13.0 Å². The zero-order valence-electron chi connectivity index (χ0n) is 9.26. The summed E-state index contributed by atoms with van der Waals surface area (Å²) < 4.78 is 0. The van der Waals surface area contributed by atoms with Gasteiger partial charge in [-0.25, -0.2) is 4.98 Å². The molecule has 0 atom stereocenters. The van der Waals surface area contributed by atoms with Crippen LogP contribution < -0.4 is 4.90 Å². The maximum absolute atomic E-state index is 4.55. The first-order valence-electron chi connectivity index (χ1n) is 4.86. The molecule has 0 fully saturated rings. The fourth-order valence-electron chi connectivity index (χ4n) is 1.99. The Hall–Kier alpha value is -1.31. The topological polar surface area (TPSA) is 16.1 Å². The third-order valence-electron chi connectivity index (χ3n) is 3.13. The third-order valence-corrected chi connectivity index (χ3v) is 3.13. The highest BCUT2D eigenvalue weighted by Crippen LogP contribution is 2.44. The molecule has 14 heavy (non-hydrogen) atoms. The van der Waals surface area contributed by atoms with Crippen molar-refractivity contribution in [3.63, 3.8) is 0 Å². The summed E-state index contributed by atoms with van der Waals surface area (Å²) >= 11 is 0. The first-order chi connectivity index (χ1) is 6.44. The van der Waals surface area contributed by atoms with E-state index in [0.717, 1.165) is 17.2 Å². The SMILES string of the molecule is C=C1N(C)c2nc(C)ccc2C1(C)C. The van der Waals surface area contributed by atoms with Crippen LogP contribution in [0.5, 0.6) is 0 Å². The molecule has 1 aromatic heterocycles. The van der Waals surface area contributed by atoms with Gasteiger partial charge in [-0.1, -0.05) is 26.5 Å². The van der Waals surface area contributed by atoms with Crippen LogP contribution in [0.4, 0.5) is 5.82 Å². The summed E-state index contributed by atoms with van der Waals surface area (Å²) in [6.45, 7) is 10.5. The number of hydrogen-bond donors (Lipinski definition) is 0. The van der Waals surface area contributed by atoms with Crippen molar-refractivity contribution < 1.29 is 0 Å². The molecular weight excluding hydrogens is 172 g/mol. The number of fused-ring (bicyclic) bond motifs is 1. The first-order valence-corrected chi connectivity index (χ1v) is 4.86. The van der Waals surface area contributed by atoms with Crippen molar-refractivity contribution in [2.75, 3.05) is 11.9 Å². The van der Waals surface area contributed by atoms with Gasteiger partial charge >= 0.3 is 0 Å². The van der Waals surface area contributed by atoms with Crippen molar-refractivity contribution in [1.82, 2.24) is 4.98 Å². The van der Waals surface area contributed by atoms with Crippen LogP contribution in [-0.4, -0.2) is 12.0 Å². The number of nitrogens with zero attached hydrogens (tertiary/aromatic N) is 2. The highest BCUT2D eigenvalue weighted by molar-refractivity contribution is 5.65. The highest BCUT2D eigenvalue weighted by atomic mass is 15.2. The van der Waals surface area contributed by atoms with Crippen LogP contribution in [0.3, 0.4) is 0 Å². The molecule has 0 spiro atoms. The van der Waals surface area contributed by atoms with Crippen molar-refractivity contribution >= 4 is 5.82 Å². The minimum Gasteiger partial charge on any atom is -0.333 e. The monoisotopic (exact) mass is 188 g/mol. The van der Waals surface area contributed by atoms with Gasteiger partial charge in [-0.15, -0.1) is 0 Å². The molecule has 2 rings (SSSR count). The molecule has 2 heterocycles. The third kappa shape index (κ3) is 0.999. The van der Waals surface area contributed by atoms with Crippen molar-refractivity contribution in [2.45, 2.75) is 26.2 Å². The van der Waals surface area contributed by atoms with Gasteiger partial charge in [0.05, 0.1) is 0 Å². The second-order valence-corrected chi connectivity index (χ2v) is 4.45. The molecule has 1 aliphatic rings. The Morgan fingerprint density at radius 1 is 1.36 bits per heavy atom. The van der Waals surface area contributed by atoms with E-state index < -0.39 is 0 Å². The maximum Gasteiger partial charge on any atom is 0.136 e. The van der Waals surface area contributed by atoms with Crippen LogP contribution in [0, 0.1) is 6.92 Å². The van der Waals surface area contributed by atoms with Crippen LogP contribution in [0.25, 0.3) is 0 Å². The molecular formula is C12H16N2. The zero-order chi connectivity index (χ0) is 10.5. The molecule has 1 aromatic rings. The van der Waals surface area contributed by atoms with Crippen LogP contribution in [0.2, 0.25) is 0 Å². The van der Waals surface area contributed by atoms with Gasteiger partial charge in [0.25, 0.3) is 0 Å². The molecule has 0 saturated heterocycles. The van der Waals surface area contributed by atoms with E-state index in [-0.39, 0.29) is 5.41 Å². The van der Waals surface area contributed by atoms with Gasteiger partial charge in [-0.2, -0.15) is 0 Å². The van der Waals surface area contributed by atoms with Crippen molar-refractivity contribution in [3.05, 3.63) is 35.7 Å². The fourth-order valence-corrected chi connectivity index (χ4v) is 1.99. The zero-order valence-corrected chi connectivity index (χ0v) is 9.26. The Morgan fingerprint density at radius 2 is 2.00 bits per heavy atom. The lowest BCUT2D eigenvalue weighted by atomic mass is 9.85. The molecule has 0 amide bonds. The molecule has 2 heteroatoms. The molecule has 0 aromatic carbocycles. The molecule has 1 aliphatic heterocycles. The van der Waals surface area contributed by atoms with Crippen molar-refractivity contribution in [3.8, 4) is 0 Å². The van der Waals surface area contributed by atoms with Crippen LogP contribution >= 0.6 is 0 Å². The Morgan fingerprint density at radius 3 is 2.64 bits per heavy atom. The molecule has 0 unspecified atom stereocenters. The van der Waals surface area contributed by atoms with E-state index in [1.54, 1.807) is 0 Å². The van der Waals surface area contributed by atoms with E-state index in [2.05, 4.69) is 42.4 Å². The Bertz CT molecular complexity index is 405. The summed E-state index contributed by atoms with van der Waals surface area (Å²) in [5.74, 6) is 1.06. The van der Waals surface area contributed by atoms with Crippen LogP contribution in [0.1, 0.15) is 25.1 Å². The van der Waals surface area contributed by atoms with Gasteiger partial charge < -0.3 is 4.90 Å². The summed E-state index contributed by atoms with van der Waals surface area (Å²) in [6.07, 6.45) is 0. The lowest BCUT2D eigenvalue weighted by Gasteiger charge is -2.21. The molecule has 0 radical (unpaired) electrons. The van der Waals surface area contributed by atoms with E-state index in [0.29, 0.717) is 0 Å². The molecule has 74 valence electrons. The Kier molecular flexibility index (Phi) is 1.71. The van der Waals surface area contributed by atoms with E-state index in [4.69, 9.17) is 0 Å². The van der Waals surface area contributed by atoms with Gasteiger partial charge in [0.1, 0.15) is 5.82 Å². The molecule has 0 saturated carbocycles. The van der Waals surface area contributed by atoms with Crippen molar-refractivity contribution in [1.29, 1.82) is 0 Å². The smallest absolute Gasteiger partial charge is 0.136 e. The van der Waals surface area contributed by atoms with Gasteiger partial charge in [0.15, 0.2) is 0 Å². The average molecular weight is 188 g/mol. The van der Waals surface area contributed by atoms with E-state index in [9.17, 15) is 0 Å². The lowest BCUT2D eigenvalue weighted by molar-refractivity contribution is 0.643. The predicted molar refractivity (Wildman–Crippen MR) is 59.5 cm³/mol. The number of pyridine rings is 1. The minimum atomic E-state index is 0.0186. The summed E-state index contributed by atoms with van der Waals surface area (Å²) in [4.78, 5) is 6.63. The predicted octanol–water partition coefficient (Wildman–Crippen LogP) is 2.63.